The number of para-hydroxylation sites is 1. The van der Waals surface area contributed by atoms with Gasteiger partial charge in [-0.05, 0) is 38.3 Å². The van der Waals surface area contributed by atoms with E-state index in [1.165, 1.54) is 0 Å². The molecule has 0 bridgehead atoms. The number of ether oxygens (including phenoxy) is 1. The summed E-state index contributed by atoms with van der Waals surface area (Å²) in [6.45, 7) is 3.74. The zero-order chi connectivity index (χ0) is 15.6. The Bertz CT molecular complexity index is 551. The van der Waals surface area contributed by atoms with E-state index >= 15 is 0 Å². The summed E-state index contributed by atoms with van der Waals surface area (Å²) in [5.41, 5.74) is 0.788. The number of carbonyl (C=O) groups excluding carboxylic acids is 1. The van der Waals surface area contributed by atoms with E-state index in [1.54, 1.807) is 25.9 Å². The van der Waals surface area contributed by atoms with Gasteiger partial charge in [-0.2, -0.15) is 0 Å². The lowest BCUT2D eigenvalue weighted by molar-refractivity contribution is -0.149. The van der Waals surface area contributed by atoms with Crippen LogP contribution in [-0.4, -0.2) is 30.6 Å². The normalized spacial score (nSPS) is 14.5. The third kappa shape index (κ3) is 3.01. The molecule has 5 nitrogen and oxygen atoms in total. The number of benzene rings is 1. The molecule has 1 aromatic carbocycles. The summed E-state index contributed by atoms with van der Waals surface area (Å²) in [7, 11) is 1.58. The topological polar surface area (TPSA) is 66.8 Å². The number of rotatable bonds is 4. The van der Waals surface area contributed by atoms with Crippen LogP contribution in [0.15, 0.2) is 18.2 Å². The fourth-order valence-electron chi connectivity index (χ4n) is 2.58. The van der Waals surface area contributed by atoms with E-state index < -0.39 is 11.4 Å². The summed E-state index contributed by atoms with van der Waals surface area (Å²) in [5.74, 6) is -0.477. The molecule has 0 unspecified atom stereocenters. The second-order valence-electron chi connectivity index (χ2n) is 5.98. The van der Waals surface area contributed by atoms with Crippen LogP contribution in [0.5, 0.6) is 5.75 Å². The number of nitrogens with zero attached hydrogens (tertiary/aromatic N) is 1. The molecule has 2 rings (SSSR count). The highest BCUT2D eigenvalue weighted by Crippen LogP contribution is 2.37. The van der Waals surface area contributed by atoms with Crippen LogP contribution in [0.4, 0.5) is 5.69 Å². The van der Waals surface area contributed by atoms with Crippen molar-refractivity contribution in [3.8, 4) is 5.75 Å². The summed E-state index contributed by atoms with van der Waals surface area (Å²) in [4.78, 5) is 25.4. The average Bonchev–Trinajstić information content (AvgIpc) is 2.45. The Morgan fingerprint density at radius 3 is 2.71 bits per heavy atom. The second-order valence-corrected chi connectivity index (χ2v) is 5.98. The molecule has 0 atom stereocenters. The Labute approximate surface area is 124 Å². The summed E-state index contributed by atoms with van der Waals surface area (Å²) < 4.78 is 5.36. The average molecular weight is 291 g/mol. The number of fused-ring (bicyclic) bond motifs is 1. The minimum absolute atomic E-state index is 0.0280. The van der Waals surface area contributed by atoms with E-state index in [0.717, 1.165) is 24.1 Å². The number of hydrogen-bond acceptors (Lipinski definition) is 3. The summed E-state index contributed by atoms with van der Waals surface area (Å²) >= 11 is 0. The molecule has 114 valence electrons. The fraction of sp³-hybridized carbons (Fsp3) is 0.500. The van der Waals surface area contributed by atoms with Crippen molar-refractivity contribution in [2.45, 2.75) is 33.1 Å². The molecule has 1 heterocycles. The van der Waals surface area contributed by atoms with E-state index in [4.69, 9.17) is 4.74 Å². The Morgan fingerprint density at radius 1 is 1.38 bits per heavy atom. The van der Waals surface area contributed by atoms with Gasteiger partial charge in [-0.15, -0.1) is 0 Å². The Morgan fingerprint density at radius 2 is 2.10 bits per heavy atom. The molecule has 1 N–H and O–H groups in total. The van der Waals surface area contributed by atoms with Crippen LogP contribution in [0.1, 0.15) is 32.3 Å². The molecule has 0 aliphatic carbocycles. The maximum atomic E-state index is 12.6. The molecule has 0 spiro atoms. The molecule has 0 fully saturated rings. The summed E-state index contributed by atoms with van der Waals surface area (Å²) in [6, 6.07) is 5.72. The smallest absolute Gasteiger partial charge is 0.309 e. The monoisotopic (exact) mass is 291 g/mol. The molecule has 1 amide bonds. The first-order valence-electron chi connectivity index (χ1n) is 7.06. The van der Waals surface area contributed by atoms with E-state index in [9.17, 15) is 14.7 Å². The number of methoxy groups -OCH3 is 1. The Kier molecular flexibility index (Phi) is 4.21. The third-order valence-electron chi connectivity index (χ3n) is 3.87. The largest absolute Gasteiger partial charge is 0.495 e. The van der Waals surface area contributed by atoms with Gasteiger partial charge in [0.1, 0.15) is 5.75 Å². The number of aliphatic carboxylic acids is 1. The van der Waals surface area contributed by atoms with Crippen molar-refractivity contribution in [3.05, 3.63) is 23.8 Å². The zero-order valence-corrected chi connectivity index (χ0v) is 12.7. The van der Waals surface area contributed by atoms with Gasteiger partial charge in [-0.3, -0.25) is 9.59 Å². The van der Waals surface area contributed by atoms with Gasteiger partial charge in [0.25, 0.3) is 0 Å². The quantitative estimate of drug-likeness (QED) is 0.925. The molecule has 1 aliphatic rings. The maximum Gasteiger partial charge on any atom is 0.309 e. The molecular formula is C16H21NO4. The highest BCUT2D eigenvalue weighted by Gasteiger charge is 2.34. The van der Waals surface area contributed by atoms with Crippen LogP contribution in [0.2, 0.25) is 0 Å². The number of carbonyl (C=O) groups is 2. The first-order chi connectivity index (χ1) is 9.86. The zero-order valence-electron chi connectivity index (χ0n) is 12.7. The van der Waals surface area contributed by atoms with E-state index in [0.29, 0.717) is 12.3 Å². The highest BCUT2D eigenvalue weighted by atomic mass is 16.5. The van der Waals surface area contributed by atoms with E-state index in [2.05, 4.69) is 0 Å². The minimum Gasteiger partial charge on any atom is -0.495 e. The van der Waals surface area contributed by atoms with E-state index in [1.807, 2.05) is 18.2 Å². The number of carboxylic acids is 1. The molecule has 0 aromatic heterocycles. The van der Waals surface area contributed by atoms with Gasteiger partial charge < -0.3 is 14.7 Å². The highest BCUT2D eigenvalue weighted by molar-refractivity contribution is 5.98. The molecule has 0 radical (unpaired) electrons. The van der Waals surface area contributed by atoms with Crippen molar-refractivity contribution in [1.82, 2.24) is 0 Å². The number of hydrogen-bond donors (Lipinski definition) is 1. The van der Waals surface area contributed by atoms with Gasteiger partial charge in [0.15, 0.2) is 0 Å². The van der Waals surface area contributed by atoms with Crippen LogP contribution >= 0.6 is 0 Å². The summed E-state index contributed by atoms with van der Waals surface area (Å²) in [5, 5.41) is 9.19. The molecule has 0 saturated carbocycles. The fourth-order valence-corrected chi connectivity index (χ4v) is 2.58. The van der Waals surface area contributed by atoms with Crippen molar-refractivity contribution < 1.29 is 19.4 Å². The van der Waals surface area contributed by atoms with Crippen molar-refractivity contribution in [2.24, 2.45) is 5.41 Å². The Balaban J connectivity index is 2.31. The first-order valence-corrected chi connectivity index (χ1v) is 7.06. The number of carboxylic acid groups (broad SMARTS) is 1. The number of anilines is 1. The van der Waals surface area contributed by atoms with Crippen LogP contribution in [0, 0.1) is 5.41 Å². The van der Waals surface area contributed by atoms with E-state index in [-0.39, 0.29) is 12.3 Å². The molecule has 0 saturated heterocycles. The Hall–Kier alpha value is -2.04. The van der Waals surface area contributed by atoms with Crippen LogP contribution in [0.3, 0.4) is 0 Å². The molecule has 5 heteroatoms. The lowest BCUT2D eigenvalue weighted by Crippen LogP contribution is -2.40. The molecule has 1 aromatic rings. The standard InChI is InChI=1S/C16H21NO4/c1-16(2,15(19)20)10-13(18)17-9-5-7-11-6-4-8-12(21-3)14(11)17/h4,6,8H,5,7,9-10H2,1-3H3,(H,19,20). The van der Waals surface area contributed by atoms with Crippen molar-refractivity contribution in [1.29, 1.82) is 0 Å². The van der Waals surface area contributed by atoms with Gasteiger partial charge >= 0.3 is 5.97 Å². The molecular weight excluding hydrogens is 270 g/mol. The molecule has 21 heavy (non-hydrogen) atoms. The van der Waals surface area contributed by atoms with Crippen molar-refractivity contribution in [3.63, 3.8) is 0 Å². The lowest BCUT2D eigenvalue weighted by atomic mass is 9.88. The van der Waals surface area contributed by atoms with Gasteiger partial charge in [0, 0.05) is 13.0 Å². The number of amides is 1. The molecule has 1 aliphatic heterocycles. The third-order valence-corrected chi connectivity index (χ3v) is 3.87. The van der Waals surface area contributed by atoms with Gasteiger partial charge in [-0.25, -0.2) is 0 Å². The predicted molar refractivity (Wildman–Crippen MR) is 79.7 cm³/mol. The van der Waals surface area contributed by atoms with Crippen LogP contribution in [-0.2, 0) is 16.0 Å². The summed E-state index contributed by atoms with van der Waals surface area (Å²) in [6.07, 6.45) is 1.75. The van der Waals surface area contributed by atoms with Crippen molar-refractivity contribution >= 4 is 17.6 Å². The van der Waals surface area contributed by atoms with Crippen molar-refractivity contribution in [2.75, 3.05) is 18.6 Å². The number of aryl methyl sites for hydroxylation is 1. The van der Waals surface area contributed by atoms with Gasteiger partial charge in [0.05, 0.1) is 18.2 Å². The van der Waals surface area contributed by atoms with Gasteiger partial charge in [-0.1, -0.05) is 12.1 Å². The SMILES string of the molecule is COc1cccc2c1N(C(=O)CC(C)(C)C(=O)O)CCC2. The first kappa shape index (κ1) is 15.4. The predicted octanol–water partition coefficient (Wildman–Crippen LogP) is 2.48. The van der Waals surface area contributed by atoms with Gasteiger partial charge in [0.2, 0.25) is 5.91 Å². The van der Waals surface area contributed by atoms with Crippen LogP contribution in [0.25, 0.3) is 0 Å². The minimum atomic E-state index is -1.07. The van der Waals surface area contributed by atoms with Crippen LogP contribution < -0.4 is 9.64 Å². The maximum absolute atomic E-state index is 12.6. The lowest BCUT2D eigenvalue weighted by Gasteiger charge is -2.32. The second kappa shape index (κ2) is 5.76.